The molecule has 1 unspecified atom stereocenters. The van der Waals surface area contributed by atoms with E-state index in [1.54, 1.807) is 0 Å². The lowest BCUT2D eigenvalue weighted by molar-refractivity contribution is 0.265. The number of oxazole rings is 1. The second-order valence-electron chi connectivity index (χ2n) is 4.11. The Kier molecular flexibility index (Phi) is 2.94. The number of aromatic nitrogens is 1. The summed E-state index contributed by atoms with van der Waals surface area (Å²) in [7, 11) is 6.03. The number of benzene rings is 1. The van der Waals surface area contributed by atoms with Crippen LogP contribution in [0.3, 0.4) is 0 Å². The smallest absolute Gasteiger partial charge is 0.192 e. The molecule has 0 aliphatic rings. The number of aryl methyl sites for hydroxylation is 1. The van der Waals surface area contributed by atoms with E-state index in [2.05, 4.69) is 27.3 Å². The Hall–Kier alpha value is -1.39. The molecular formula is C12H17N3O. The van der Waals surface area contributed by atoms with Crippen molar-refractivity contribution in [3.05, 3.63) is 29.7 Å². The quantitative estimate of drug-likeness (QED) is 0.801. The van der Waals surface area contributed by atoms with Crippen LogP contribution in [0, 0.1) is 6.92 Å². The van der Waals surface area contributed by atoms with E-state index in [-0.39, 0.29) is 6.17 Å². The van der Waals surface area contributed by atoms with Gasteiger partial charge in [-0.15, -0.1) is 0 Å². The van der Waals surface area contributed by atoms with Gasteiger partial charge in [0.25, 0.3) is 0 Å². The van der Waals surface area contributed by atoms with E-state index in [0.29, 0.717) is 5.89 Å². The summed E-state index contributed by atoms with van der Waals surface area (Å²) in [6.07, 6.45) is 0.196. The Bertz CT molecular complexity index is 490. The maximum Gasteiger partial charge on any atom is 0.192 e. The molecule has 0 bridgehead atoms. The second-order valence-corrected chi connectivity index (χ2v) is 4.11. The lowest BCUT2D eigenvalue weighted by Crippen LogP contribution is -2.30. The normalized spacial score (nSPS) is 13.6. The van der Waals surface area contributed by atoms with Crippen LogP contribution in [-0.4, -0.2) is 31.0 Å². The summed E-state index contributed by atoms with van der Waals surface area (Å²) < 4.78 is 5.45. The lowest BCUT2D eigenvalue weighted by Gasteiger charge is -2.23. The van der Waals surface area contributed by atoms with Gasteiger partial charge in [-0.2, -0.15) is 0 Å². The van der Waals surface area contributed by atoms with Crippen molar-refractivity contribution in [1.82, 2.24) is 15.2 Å². The van der Waals surface area contributed by atoms with Crippen LogP contribution in [0.25, 0.3) is 11.1 Å². The zero-order chi connectivity index (χ0) is 11.7. The molecule has 4 heteroatoms. The van der Waals surface area contributed by atoms with Gasteiger partial charge in [-0.05, 0) is 38.8 Å². The highest BCUT2D eigenvalue weighted by atomic mass is 16.3. The molecule has 0 aliphatic heterocycles. The van der Waals surface area contributed by atoms with Crippen LogP contribution < -0.4 is 5.32 Å². The zero-order valence-corrected chi connectivity index (χ0v) is 10.1. The number of nitrogens with one attached hydrogen (secondary N) is 1. The average Bonchev–Trinajstić information content (AvgIpc) is 2.57. The fraction of sp³-hybridized carbons (Fsp3) is 0.417. The first-order valence-corrected chi connectivity index (χ1v) is 5.32. The Balaban J connectivity index is 2.44. The van der Waals surface area contributed by atoms with Gasteiger partial charge < -0.3 is 9.73 Å². The van der Waals surface area contributed by atoms with Gasteiger partial charge in [-0.25, -0.2) is 4.98 Å². The zero-order valence-electron chi connectivity index (χ0n) is 10.1. The van der Waals surface area contributed by atoms with Crippen LogP contribution >= 0.6 is 0 Å². The average molecular weight is 219 g/mol. The van der Waals surface area contributed by atoms with Crippen LogP contribution in [0.4, 0.5) is 0 Å². The predicted molar refractivity (Wildman–Crippen MR) is 64.2 cm³/mol. The molecule has 0 radical (unpaired) electrons. The molecule has 86 valence electrons. The maximum absolute atomic E-state index is 5.45. The van der Waals surface area contributed by atoms with Gasteiger partial charge in [0.05, 0.1) is 6.17 Å². The SMILES string of the molecule is CNC(c1ccc2oc(C)nc2c1)N(C)C. The van der Waals surface area contributed by atoms with Crippen LogP contribution in [0.1, 0.15) is 17.6 Å². The first kappa shape index (κ1) is 11.1. The number of nitrogens with zero attached hydrogens (tertiary/aromatic N) is 2. The molecule has 0 fully saturated rings. The molecule has 0 aliphatic carbocycles. The minimum absolute atomic E-state index is 0.196. The van der Waals surface area contributed by atoms with Gasteiger partial charge in [0.15, 0.2) is 11.5 Å². The molecule has 0 spiro atoms. The molecule has 0 amide bonds. The largest absolute Gasteiger partial charge is 0.441 e. The van der Waals surface area contributed by atoms with E-state index < -0.39 is 0 Å². The van der Waals surface area contributed by atoms with Crippen molar-refractivity contribution in [2.75, 3.05) is 21.1 Å². The summed E-state index contributed by atoms with van der Waals surface area (Å²) in [6.45, 7) is 1.86. The van der Waals surface area contributed by atoms with Gasteiger partial charge in [0.2, 0.25) is 0 Å². The second kappa shape index (κ2) is 4.23. The predicted octanol–water partition coefficient (Wildman–Crippen LogP) is 1.92. The highest BCUT2D eigenvalue weighted by Crippen LogP contribution is 2.21. The molecule has 1 aromatic heterocycles. The fourth-order valence-electron chi connectivity index (χ4n) is 1.95. The first-order chi connectivity index (χ1) is 7.61. The first-order valence-electron chi connectivity index (χ1n) is 5.32. The number of rotatable bonds is 3. The third-order valence-corrected chi connectivity index (χ3v) is 2.62. The number of hydrogen-bond donors (Lipinski definition) is 1. The van der Waals surface area contributed by atoms with Gasteiger partial charge in [-0.3, -0.25) is 4.90 Å². The van der Waals surface area contributed by atoms with Crippen molar-refractivity contribution in [3.8, 4) is 0 Å². The molecular weight excluding hydrogens is 202 g/mol. The van der Waals surface area contributed by atoms with Crippen LogP contribution in [-0.2, 0) is 0 Å². The Morgan fingerprint density at radius 3 is 2.75 bits per heavy atom. The van der Waals surface area contributed by atoms with Crippen molar-refractivity contribution < 1.29 is 4.42 Å². The highest BCUT2D eigenvalue weighted by molar-refractivity contribution is 5.73. The number of hydrogen-bond acceptors (Lipinski definition) is 4. The van der Waals surface area contributed by atoms with E-state index in [0.717, 1.165) is 11.1 Å². The van der Waals surface area contributed by atoms with Crippen molar-refractivity contribution in [1.29, 1.82) is 0 Å². The van der Waals surface area contributed by atoms with E-state index in [9.17, 15) is 0 Å². The van der Waals surface area contributed by atoms with Gasteiger partial charge in [-0.1, -0.05) is 6.07 Å². The molecule has 2 rings (SSSR count). The summed E-state index contributed by atoms with van der Waals surface area (Å²) in [5.41, 5.74) is 2.94. The monoisotopic (exact) mass is 219 g/mol. The van der Waals surface area contributed by atoms with Gasteiger partial charge >= 0.3 is 0 Å². The topological polar surface area (TPSA) is 41.3 Å². The summed E-state index contributed by atoms with van der Waals surface area (Å²) in [6, 6.07) is 6.10. The summed E-state index contributed by atoms with van der Waals surface area (Å²) in [5, 5.41) is 3.26. The maximum atomic E-state index is 5.45. The summed E-state index contributed by atoms with van der Waals surface area (Å²) in [4.78, 5) is 6.46. The van der Waals surface area contributed by atoms with Gasteiger partial charge in [0, 0.05) is 6.92 Å². The van der Waals surface area contributed by atoms with E-state index in [1.807, 2.05) is 34.1 Å². The lowest BCUT2D eigenvalue weighted by atomic mass is 10.1. The van der Waals surface area contributed by atoms with Crippen molar-refractivity contribution in [3.63, 3.8) is 0 Å². The van der Waals surface area contributed by atoms with Crippen molar-refractivity contribution in [2.24, 2.45) is 0 Å². The van der Waals surface area contributed by atoms with E-state index >= 15 is 0 Å². The standard InChI is InChI=1S/C12H17N3O/c1-8-14-10-7-9(5-6-11(10)16-8)12(13-2)15(3)4/h5-7,12-13H,1-4H3. The molecule has 1 heterocycles. The summed E-state index contributed by atoms with van der Waals surface area (Å²) in [5.74, 6) is 0.706. The Labute approximate surface area is 95.3 Å². The Morgan fingerprint density at radius 2 is 2.12 bits per heavy atom. The minimum Gasteiger partial charge on any atom is -0.441 e. The third-order valence-electron chi connectivity index (χ3n) is 2.62. The molecule has 2 aromatic rings. The third kappa shape index (κ3) is 1.94. The van der Waals surface area contributed by atoms with Crippen molar-refractivity contribution in [2.45, 2.75) is 13.1 Å². The van der Waals surface area contributed by atoms with Crippen LogP contribution in [0.15, 0.2) is 22.6 Å². The van der Waals surface area contributed by atoms with E-state index in [1.165, 1.54) is 5.56 Å². The summed E-state index contributed by atoms with van der Waals surface area (Å²) >= 11 is 0. The number of fused-ring (bicyclic) bond motifs is 1. The van der Waals surface area contributed by atoms with E-state index in [4.69, 9.17) is 4.42 Å². The molecule has 16 heavy (non-hydrogen) atoms. The molecule has 1 N–H and O–H groups in total. The van der Waals surface area contributed by atoms with Gasteiger partial charge in [0.1, 0.15) is 5.52 Å². The van der Waals surface area contributed by atoms with Crippen LogP contribution in [0.5, 0.6) is 0 Å². The minimum atomic E-state index is 0.196. The highest BCUT2D eigenvalue weighted by Gasteiger charge is 2.13. The fourth-order valence-corrected chi connectivity index (χ4v) is 1.95. The van der Waals surface area contributed by atoms with Crippen molar-refractivity contribution >= 4 is 11.1 Å². The molecule has 0 saturated heterocycles. The molecule has 1 aromatic carbocycles. The molecule has 4 nitrogen and oxygen atoms in total. The van der Waals surface area contributed by atoms with Crippen LogP contribution in [0.2, 0.25) is 0 Å². The Morgan fingerprint density at radius 1 is 1.38 bits per heavy atom. The molecule has 1 atom stereocenters. The molecule has 0 saturated carbocycles.